The average Bonchev–Trinajstić information content (AvgIpc) is 2.56. The van der Waals surface area contributed by atoms with E-state index in [1.54, 1.807) is 7.11 Å². The number of hydrogen-bond acceptors (Lipinski definition) is 1. The lowest BCUT2D eigenvalue weighted by Gasteiger charge is -2.23. The maximum Gasteiger partial charge on any atom is 0.119 e. The second kappa shape index (κ2) is 3.30. The fourth-order valence-electron chi connectivity index (χ4n) is 2.20. The van der Waals surface area contributed by atoms with Gasteiger partial charge < -0.3 is 9.72 Å². The molecule has 1 heterocycles. The minimum atomic E-state index is 0.767. The molecule has 0 bridgehead atoms. The van der Waals surface area contributed by atoms with Gasteiger partial charge >= 0.3 is 0 Å². The Labute approximate surface area is 89.3 Å². The zero-order valence-corrected chi connectivity index (χ0v) is 8.92. The van der Waals surface area contributed by atoms with Crippen molar-refractivity contribution in [3.8, 4) is 5.75 Å². The van der Waals surface area contributed by atoms with Gasteiger partial charge in [0, 0.05) is 16.6 Å². The number of methoxy groups -OCH3 is 1. The Morgan fingerprint density at radius 1 is 1.27 bits per heavy atom. The SMILES string of the molecule is COc1ccc2[nH]c(C3CCC3)cc2c1. The van der Waals surface area contributed by atoms with E-state index in [4.69, 9.17) is 4.74 Å². The standard InChI is InChI=1S/C13H15NO/c1-15-11-5-6-12-10(7-11)8-13(14-12)9-3-2-4-9/h5-9,14H,2-4H2,1H3. The van der Waals surface area contributed by atoms with E-state index < -0.39 is 0 Å². The summed E-state index contributed by atoms with van der Waals surface area (Å²) in [6.45, 7) is 0. The average molecular weight is 201 g/mol. The number of aromatic amines is 1. The van der Waals surface area contributed by atoms with Gasteiger partial charge in [0.15, 0.2) is 0 Å². The molecule has 0 unspecified atom stereocenters. The summed E-state index contributed by atoms with van der Waals surface area (Å²) in [5.41, 5.74) is 2.61. The lowest BCUT2D eigenvalue weighted by atomic mass is 9.83. The van der Waals surface area contributed by atoms with Crippen molar-refractivity contribution in [2.24, 2.45) is 0 Å². The first kappa shape index (κ1) is 8.84. The molecular formula is C13H15NO. The molecule has 1 aromatic heterocycles. The molecule has 1 fully saturated rings. The quantitative estimate of drug-likeness (QED) is 0.791. The van der Waals surface area contributed by atoms with Gasteiger partial charge in [-0.2, -0.15) is 0 Å². The van der Waals surface area contributed by atoms with E-state index >= 15 is 0 Å². The molecule has 1 aromatic carbocycles. The molecule has 0 saturated heterocycles. The van der Waals surface area contributed by atoms with Crippen molar-refractivity contribution in [3.63, 3.8) is 0 Å². The Kier molecular flexibility index (Phi) is 1.94. The van der Waals surface area contributed by atoms with E-state index in [9.17, 15) is 0 Å². The highest BCUT2D eigenvalue weighted by molar-refractivity contribution is 5.82. The van der Waals surface area contributed by atoms with Crippen molar-refractivity contribution in [1.29, 1.82) is 0 Å². The van der Waals surface area contributed by atoms with Gasteiger partial charge in [0.05, 0.1) is 7.11 Å². The van der Waals surface area contributed by atoms with Crippen LogP contribution in [-0.2, 0) is 0 Å². The summed E-state index contributed by atoms with van der Waals surface area (Å²) in [5, 5.41) is 1.26. The summed E-state index contributed by atoms with van der Waals surface area (Å²) in [5.74, 6) is 1.70. The van der Waals surface area contributed by atoms with E-state index in [-0.39, 0.29) is 0 Å². The van der Waals surface area contributed by atoms with Crippen LogP contribution in [0.3, 0.4) is 0 Å². The van der Waals surface area contributed by atoms with Crippen molar-refractivity contribution < 1.29 is 4.74 Å². The third-order valence-corrected chi connectivity index (χ3v) is 3.39. The van der Waals surface area contributed by atoms with E-state index in [2.05, 4.69) is 23.2 Å². The van der Waals surface area contributed by atoms with Crippen molar-refractivity contribution in [2.45, 2.75) is 25.2 Å². The van der Waals surface area contributed by atoms with E-state index in [0.29, 0.717) is 0 Å². The fourth-order valence-corrected chi connectivity index (χ4v) is 2.20. The monoisotopic (exact) mass is 201 g/mol. The molecule has 0 spiro atoms. The number of aromatic nitrogens is 1. The summed E-state index contributed by atoms with van der Waals surface area (Å²) in [4.78, 5) is 3.49. The Balaban J connectivity index is 2.04. The molecule has 1 aliphatic rings. The summed E-state index contributed by atoms with van der Waals surface area (Å²) in [7, 11) is 1.71. The van der Waals surface area contributed by atoms with Crippen molar-refractivity contribution in [1.82, 2.24) is 4.98 Å². The second-order valence-corrected chi connectivity index (χ2v) is 4.31. The van der Waals surface area contributed by atoms with Gasteiger partial charge in [0.2, 0.25) is 0 Å². The van der Waals surface area contributed by atoms with Crippen LogP contribution < -0.4 is 4.74 Å². The van der Waals surface area contributed by atoms with Crippen LogP contribution in [-0.4, -0.2) is 12.1 Å². The van der Waals surface area contributed by atoms with Crippen molar-refractivity contribution in [2.75, 3.05) is 7.11 Å². The normalized spacial score (nSPS) is 16.6. The molecule has 3 rings (SSSR count). The maximum absolute atomic E-state index is 5.22. The van der Waals surface area contributed by atoms with Crippen LogP contribution in [0.15, 0.2) is 24.3 Å². The third-order valence-electron chi connectivity index (χ3n) is 3.39. The largest absolute Gasteiger partial charge is 0.497 e. The molecule has 78 valence electrons. The second-order valence-electron chi connectivity index (χ2n) is 4.31. The van der Waals surface area contributed by atoms with Crippen molar-refractivity contribution in [3.05, 3.63) is 30.0 Å². The predicted molar refractivity (Wildman–Crippen MR) is 61.4 cm³/mol. The molecule has 0 aliphatic heterocycles. The molecule has 0 atom stereocenters. The van der Waals surface area contributed by atoms with Gasteiger partial charge in [-0.25, -0.2) is 0 Å². The van der Waals surface area contributed by atoms with Gasteiger partial charge in [-0.05, 0) is 43.0 Å². The minimum Gasteiger partial charge on any atom is -0.497 e. The summed E-state index contributed by atoms with van der Waals surface area (Å²) < 4.78 is 5.22. The van der Waals surface area contributed by atoms with Gasteiger partial charge in [-0.3, -0.25) is 0 Å². The highest BCUT2D eigenvalue weighted by Crippen LogP contribution is 2.37. The number of nitrogens with one attached hydrogen (secondary N) is 1. The molecule has 15 heavy (non-hydrogen) atoms. The van der Waals surface area contributed by atoms with Crippen LogP contribution in [0.2, 0.25) is 0 Å². The Morgan fingerprint density at radius 2 is 2.13 bits per heavy atom. The Morgan fingerprint density at radius 3 is 2.80 bits per heavy atom. The Bertz CT molecular complexity index is 482. The topological polar surface area (TPSA) is 25.0 Å². The molecule has 1 aliphatic carbocycles. The number of H-pyrrole nitrogens is 1. The smallest absolute Gasteiger partial charge is 0.119 e. The van der Waals surface area contributed by atoms with E-state index in [1.807, 2.05) is 6.07 Å². The number of rotatable bonds is 2. The van der Waals surface area contributed by atoms with Crippen LogP contribution >= 0.6 is 0 Å². The molecular weight excluding hydrogens is 186 g/mol. The highest BCUT2D eigenvalue weighted by atomic mass is 16.5. The fraction of sp³-hybridized carbons (Fsp3) is 0.385. The first-order chi connectivity index (χ1) is 7.36. The summed E-state index contributed by atoms with van der Waals surface area (Å²) in [6.07, 6.45) is 4.05. The number of ether oxygens (including phenoxy) is 1. The van der Waals surface area contributed by atoms with E-state index in [0.717, 1.165) is 11.7 Å². The zero-order chi connectivity index (χ0) is 10.3. The van der Waals surface area contributed by atoms with Crippen LogP contribution in [0.1, 0.15) is 30.9 Å². The van der Waals surface area contributed by atoms with Crippen LogP contribution in [0, 0.1) is 0 Å². The van der Waals surface area contributed by atoms with Crippen LogP contribution in [0.25, 0.3) is 10.9 Å². The number of fused-ring (bicyclic) bond motifs is 1. The number of benzene rings is 1. The van der Waals surface area contributed by atoms with Gasteiger partial charge in [0.25, 0.3) is 0 Å². The molecule has 2 nitrogen and oxygen atoms in total. The lowest BCUT2D eigenvalue weighted by Crippen LogP contribution is -2.08. The van der Waals surface area contributed by atoms with Crippen LogP contribution in [0.4, 0.5) is 0 Å². The van der Waals surface area contributed by atoms with Crippen molar-refractivity contribution >= 4 is 10.9 Å². The highest BCUT2D eigenvalue weighted by Gasteiger charge is 2.20. The number of hydrogen-bond donors (Lipinski definition) is 1. The molecule has 1 saturated carbocycles. The maximum atomic E-state index is 5.22. The zero-order valence-electron chi connectivity index (χ0n) is 8.92. The third kappa shape index (κ3) is 1.41. The van der Waals surface area contributed by atoms with E-state index in [1.165, 1.54) is 35.9 Å². The van der Waals surface area contributed by atoms with Gasteiger partial charge in [-0.1, -0.05) is 6.42 Å². The summed E-state index contributed by atoms with van der Waals surface area (Å²) in [6, 6.07) is 8.45. The molecule has 0 amide bonds. The van der Waals surface area contributed by atoms with Crippen LogP contribution in [0.5, 0.6) is 5.75 Å². The minimum absolute atomic E-state index is 0.767. The van der Waals surface area contributed by atoms with Gasteiger partial charge in [-0.15, -0.1) is 0 Å². The molecule has 1 N–H and O–H groups in total. The Hall–Kier alpha value is -1.44. The molecule has 2 aromatic rings. The summed E-state index contributed by atoms with van der Waals surface area (Å²) >= 11 is 0. The molecule has 0 radical (unpaired) electrons. The lowest BCUT2D eigenvalue weighted by molar-refractivity contribution is 0.413. The first-order valence-corrected chi connectivity index (χ1v) is 5.53. The first-order valence-electron chi connectivity index (χ1n) is 5.53. The van der Waals surface area contributed by atoms with Gasteiger partial charge in [0.1, 0.15) is 5.75 Å². The predicted octanol–water partition coefficient (Wildman–Crippen LogP) is 3.44. The molecule has 2 heteroatoms.